The molecule has 0 amide bonds. The lowest BCUT2D eigenvalue weighted by molar-refractivity contribution is 0.340. The lowest BCUT2D eigenvalue weighted by atomic mass is 9.82. The molecule has 0 aromatic carbocycles. The molecule has 0 radical (unpaired) electrons. The van der Waals surface area contributed by atoms with Crippen molar-refractivity contribution in [1.29, 1.82) is 0 Å². The zero-order chi connectivity index (χ0) is 14.1. The van der Waals surface area contributed by atoms with Crippen LogP contribution in [0.1, 0.15) is 44.3 Å². The Balaban J connectivity index is 1.90. The van der Waals surface area contributed by atoms with E-state index in [4.69, 9.17) is 16.6 Å². The van der Waals surface area contributed by atoms with E-state index in [1.165, 1.54) is 12.8 Å². The number of aryl methyl sites for hydroxylation is 1. The van der Waals surface area contributed by atoms with Crippen LogP contribution >= 0.6 is 11.6 Å². The summed E-state index contributed by atoms with van der Waals surface area (Å²) < 4.78 is 1.77. The molecular formula is C15H19ClN4. The fourth-order valence-electron chi connectivity index (χ4n) is 2.84. The van der Waals surface area contributed by atoms with Crippen molar-refractivity contribution in [2.75, 3.05) is 0 Å². The Bertz CT molecular complexity index is 600. The normalized spacial score (nSPS) is 22.9. The first-order chi connectivity index (χ1) is 9.61. The highest BCUT2D eigenvalue weighted by atomic mass is 35.5. The first kappa shape index (κ1) is 13.6. The summed E-state index contributed by atoms with van der Waals surface area (Å²) in [5, 5.41) is 4.71. The summed E-state index contributed by atoms with van der Waals surface area (Å²) in [7, 11) is 1.90. The van der Waals surface area contributed by atoms with Crippen molar-refractivity contribution in [3.63, 3.8) is 0 Å². The van der Waals surface area contributed by atoms with Gasteiger partial charge in [0.25, 0.3) is 0 Å². The topological polar surface area (TPSA) is 43.6 Å². The minimum Gasteiger partial charge on any atom is -0.275 e. The average molecular weight is 291 g/mol. The maximum Gasteiger partial charge on any atom is 0.133 e. The predicted octanol–water partition coefficient (Wildman–Crippen LogP) is 3.82. The van der Waals surface area contributed by atoms with Crippen LogP contribution in [0, 0.1) is 5.92 Å². The van der Waals surface area contributed by atoms with Gasteiger partial charge in [0.1, 0.15) is 11.0 Å². The monoisotopic (exact) mass is 290 g/mol. The molecule has 5 heteroatoms. The van der Waals surface area contributed by atoms with Gasteiger partial charge in [-0.15, -0.1) is 0 Å². The molecular weight excluding hydrogens is 272 g/mol. The van der Waals surface area contributed by atoms with Gasteiger partial charge in [-0.3, -0.25) is 4.68 Å². The van der Waals surface area contributed by atoms with E-state index >= 15 is 0 Å². The van der Waals surface area contributed by atoms with Gasteiger partial charge in [-0.05, 0) is 18.8 Å². The first-order valence-electron chi connectivity index (χ1n) is 7.15. The SMILES string of the molecule is CC1CCC(c2nc(Cl)cc(-c3cnn(C)c3)n2)CC1. The standard InChI is InChI=1S/C15H19ClN4/c1-10-3-5-11(6-4-10)15-18-13(7-14(16)19-15)12-8-17-20(2)9-12/h7-11H,3-6H2,1-2H3. The number of rotatable bonds is 2. The molecule has 0 saturated heterocycles. The molecule has 1 aliphatic rings. The van der Waals surface area contributed by atoms with Crippen molar-refractivity contribution in [1.82, 2.24) is 19.7 Å². The van der Waals surface area contributed by atoms with Crippen molar-refractivity contribution in [3.8, 4) is 11.3 Å². The molecule has 2 heterocycles. The summed E-state index contributed by atoms with van der Waals surface area (Å²) >= 11 is 6.18. The summed E-state index contributed by atoms with van der Waals surface area (Å²) in [6.07, 6.45) is 8.59. The molecule has 1 saturated carbocycles. The molecule has 0 bridgehead atoms. The van der Waals surface area contributed by atoms with E-state index < -0.39 is 0 Å². The fourth-order valence-corrected chi connectivity index (χ4v) is 3.03. The number of hydrogen-bond acceptors (Lipinski definition) is 3. The lowest BCUT2D eigenvalue weighted by Crippen LogP contribution is -2.13. The van der Waals surface area contributed by atoms with E-state index in [1.807, 2.05) is 25.5 Å². The Morgan fingerprint density at radius 3 is 2.60 bits per heavy atom. The largest absolute Gasteiger partial charge is 0.275 e. The molecule has 0 spiro atoms. The van der Waals surface area contributed by atoms with Gasteiger partial charge in [-0.25, -0.2) is 9.97 Å². The van der Waals surface area contributed by atoms with E-state index in [0.29, 0.717) is 11.1 Å². The number of halogens is 1. The van der Waals surface area contributed by atoms with Gasteiger partial charge in [0.05, 0.1) is 11.9 Å². The molecule has 0 aliphatic heterocycles. The van der Waals surface area contributed by atoms with Gasteiger partial charge in [-0.1, -0.05) is 31.4 Å². The van der Waals surface area contributed by atoms with Crippen molar-refractivity contribution in [2.45, 2.75) is 38.5 Å². The van der Waals surface area contributed by atoms with E-state index in [1.54, 1.807) is 4.68 Å². The average Bonchev–Trinajstić information content (AvgIpc) is 2.85. The number of nitrogens with zero attached hydrogens (tertiary/aromatic N) is 4. The van der Waals surface area contributed by atoms with Crippen LogP contribution in [0.2, 0.25) is 5.15 Å². The Hall–Kier alpha value is -1.42. The van der Waals surface area contributed by atoms with Crippen molar-refractivity contribution < 1.29 is 0 Å². The van der Waals surface area contributed by atoms with E-state index in [-0.39, 0.29) is 0 Å². The third kappa shape index (κ3) is 2.85. The molecule has 0 N–H and O–H groups in total. The molecule has 4 nitrogen and oxygen atoms in total. The second-order valence-electron chi connectivity index (χ2n) is 5.79. The Morgan fingerprint density at radius 1 is 1.20 bits per heavy atom. The second-order valence-corrected chi connectivity index (χ2v) is 6.18. The van der Waals surface area contributed by atoms with Gasteiger partial charge < -0.3 is 0 Å². The third-order valence-electron chi connectivity index (χ3n) is 4.09. The highest BCUT2D eigenvalue weighted by Gasteiger charge is 2.23. The molecule has 0 unspecified atom stereocenters. The zero-order valence-corrected chi connectivity index (χ0v) is 12.6. The van der Waals surface area contributed by atoms with Crippen molar-refractivity contribution >= 4 is 11.6 Å². The van der Waals surface area contributed by atoms with Crippen LogP contribution in [0.25, 0.3) is 11.3 Å². The number of aromatic nitrogens is 4. The molecule has 20 heavy (non-hydrogen) atoms. The minimum atomic E-state index is 0.445. The highest BCUT2D eigenvalue weighted by Crippen LogP contribution is 2.35. The van der Waals surface area contributed by atoms with Gasteiger partial charge >= 0.3 is 0 Å². The van der Waals surface area contributed by atoms with E-state index in [0.717, 1.165) is 35.8 Å². The van der Waals surface area contributed by atoms with E-state index in [9.17, 15) is 0 Å². The molecule has 1 aliphatic carbocycles. The van der Waals surface area contributed by atoms with Crippen LogP contribution in [-0.2, 0) is 7.05 Å². The third-order valence-corrected chi connectivity index (χ3v) is 4.29. The van der Waals surface area contributed by atoms with Gasteiger partial charge in [-0.2, -0.15) is 5.10 Å². The smallest absolute Gasteiger partial charge is 0.133 e. The molecule has 0 atom stereocenters. The maximum atomic E-state index is 6.18. The summed E-state index contributed by atoms with van der Waals surface area (Å²) in [4.78, 5) is 9.16. The van der Waals surface area contributed by atoms with Gasteiger partial charge in [0, 0.05) is 30.8 Å². The zero-order valence-electron chi connectivity index (χ0n) is 11.9. The Labute approximate surface area is 124 Å². The summed E-state index contributed by atoms with van der Waals surface area (Å²) in [5.74, 6) is 2.16. The molecule has 2 aromatic rings. The van der Waals surface area contributed by atoms with Gasteiger partial charge in [0.2, 0.25) is 0 Å². The van der Waals surface area contributed by atoms with Crippen molar-refractivity contribution in [2.24, 2.45) is 13.0 Å². The number of hydrogen-bond donors (Lipinski definition) is 0. The summed E-state index contributed by atoms with van der Waals surface area (Å²) in [6, 6.07) is 1.81. The lowest BCUT2D eigenvalue weighted by Gasteiger charge is -2.25. The predicted molar refractivity (Wildman–Crippen MR) is 79.6 cm³/mol. The fraction of sp³-hybridized carbons (Fsp3) is 0.533. The van der Waals surface area contributed by atoms with Crippen LogP contribution in [0.3, 0.4) is 0 Å². The Kier molecular flexibility index (Phi) is 3.74. The quantitative estimate of drug-likeness (QED) is 0.790. The van der Waals surface area contributed by atoms with Crippen LogP contribution in [0.5, 0.6) is 0 Å². The Morgan fingerprint density at radius 2 is 1.95 bits per heavy atom. The summed E-state index contributed by atoms with van der Waals surface area (Å²) in [6.45, 7) is 2.32. The van der Waals surface area contributed by atoms with Crippen LogP contribution in [0.4, 0.5) is 0 Å². The molecule has 3 rings (SSSR count). The summed E-state index contributed by atoms with van der Waals surface area (Å²) in [5.41, 5.74) is 1.86. The van der Waals surface area contributed by atoms with Crippen LogP contribution in [-0.4, -0.2) is 19.7 Å². The highest BCUT2D eigenvalue weighted by molar-refractivity contribution is 6.29. The minimum absolute atomic E-state index is 0.445. The van der Waals surface area contributed by atoms with Crippen LogP contribution < -0.4 is 0 Å². The van der Waals surface area contributed by atoms with Crippen LogP contribution in [0.15, 0.2) is 18.5 Å². The van der Waals surface area contributed by atoms with Gasteiger partial charge in [0.15, 0.2) is 0 Å². The van der Waals surface area contributed by atoms with E-state index in [2.05, 4.69) is 17.0 Å². The second kappa shape index (κ2) is 5.52. The van der Waals surface area contributed by atoms with Crippen molar-refractivity contribution in [3.05, 3.63) is 29.4 Å². The molecule has 1 fully saturated rings. The first-order valence-corrected chi connectivity index (χ1v) is 7.53. The molecule has 106 valence electrons. The molecule has 2 aromatic heterocycles. The maximum absolute atomic E-state index is 6.18.